The van der Waals surface area contributed by atoms with Gasteiger partial charge in [0.25, 0.3) is 0 Å². The lowest BCUT2D eigenvalue weighted by molar-refractivity contribution is -0.0261. The summed E-state index contributed by atoms with van der Waals surface area (Å²) in [6, 6.07) is 3.77. The van der Waals surface area contributed by atoms with Crippen molar-refractivity contribution in [3.63, 3.8) is 0 Å². The number of piperidine rings is 2. The van der Waals surface area contributed by atoms with Crippen LogP contribution in [0.25, 0.3) is 5.65 Å². The SMILES string of the molecule is CC(C)(C)OC(=O)N1C2CCCC1CC(C(=O)c1cnc3cccnn13)C2. The van der Waals surface area contributed by atoms with E-state index >= 15 is 0 Å². The zero-order valence-corrected chi connectivity index (χ0v) is 16.1. The highest BCUT2D eigenvalue weighted by Gasteiger charge is 2.44. The number of hydrogen-bond donors (Lipinski definition) is 0. The summed E-state index contributed by atoms with van der Waals surface area (Å²) in [4.78, 5) is 32.1. The van der Waals surface area contributed by atoms with Crippen molar-refractivity contribution in [1.82, 2.24) is 19.5 Å². The van der Waals surface area contributed by atoms with E-state index in [1.807, 2.05) is 31.7 Å². The fourth-order valence-corrected chi connectivity index (χ4v) is 4.41. The fourth-order valence-electron chi connectivity index (χ4n) is 4.41. The van der Waals surface area contributed by atoms with Gasteiger partial charge in [-0.2, -0.15) is 5.10 Å². The van der Waals surface area contributed by atoms with E-state index in [2.05, 4.69) is 10.1 Å². The van der Waals surface area contributed by atoms with Crippen LogP contribution in [0.1, 0.15) is 63.4 Å². The topological polar surface area (TPSA) is 76.8 Å². The van der Waals surface area contributed by atoms with E-state index in [0.717, 1.165) is 19.3 Å². The molecule has 2 aliphatic heterocycles. The van der Waals surface area contributed by atoms with Gasteiger partial charge in [-0.1, -0.05) is 0 Å². The first-order valence-electron chi connectivity index (χ1n) is 9.68. The van der Waals surface area contributed by atoms with Crippen LogP contribution < -0.4 is 0 Å². The number of nitrogens with zero attached hydrogens (tertiary/aromatic N) is 4. The molecule has 7 heteroatoms. The molecule has 0 spiro atoms. The lowest BCUT2D eigenvalue weighted by Gasteiger charge is -2.48. The minimum atomic E-state index is -0.514. The third kappa shape index (κ3) is 3.42. The molecule has 2 aliphatic rings. The maximum absolute atomic E-state index is 13.2. The Morgan fingerprint density at radius 3 is 2.56 bits per heavy atom. The summed E-state index contributed by atoms with van der Waals surface area (Å²) in [6.45, 7) is 5.65. The van der Waals surface area contributed by atoms with Crippen LogP contribution in [-0.2, 0) is 4.74 Å². The third-order valence-electron chi connectivity index (χ3n) is 5.48. The van der Waals surface area contributed by atoms with Crippen LogP contribution in [0.4, 0.5) is 4.79 Å². The Hall–Kier alpha value is -2.44. The molecule has 4 heterocycles. The highest BCUT2D eigenvalue weighted by Crippen LogP contribution is 2.39. The van der Waals surface area contributed by atoms with Crippen molar-refractivity contribution in [2.24, 2.45) is 5.92 Å². The normalized spacial score (nSPS) is 25.4. The lowest BCUT2D eigenvalue weighted by Crippen LogP contribution is -2.56. The molecule has 2 aromatic rings. The molecule has 0 aliphatic carbocycles. The van der Waals surface area contributed by atoms with Crippen LogP contribution in [-0.4, -0.2) is 49.1 Å². The van der Waals surface area contributed by atoms with E-state index in [4.69, 9.17) is 4.74 Å². The van der Waals surface area contributed by atoms with Crippen LogP contribution in [0.2, 0.25) is 0 Å². The molecule has 2 unspecified atom stereocenters. The molecular weight excluding hydrogens is 344 g/mol. The molecule has 4 rings (SSSR count). The summed E-state index contributed by atoms with van der Waals surface area (Å²) in [5.74, 6) is -0.0390. The number of aromatic nitrogens is 3. The molecule has 2 saturated heterocycles. The summed E-state index contributed by atoms with van der Waals surface area (Å²) in [5, 5.41) is 4.26. The van der Waals surface area contributed by atoms with Crippen molar-refractivity contribution in [1.29, 1.82) is 0 Å². The standard InChI is InChI=1S/C20H26N4O3/c1-20(2,3)27-19(26)23-14-6-4-7-15(23)11-13(10-14)18(25)16-12-21-17-8-5-9-22-24(16)17/h5,8-9,12-15H,4,6-7,10-11H2,1-3H3. The molecule has 2 aromatic heterocycles. The van der Waals surface area contributed by atoms with E-state index in [1.165, 1.54) is 0 Å². The maximum Gasteiger partial charge on any atom is 0.410 e. The van der Waals surface area contributed by atoms with Crippen molar-refractivity contribution in [3.05, 3.63) is 30.2 Å². The number of carbonyl (C=O) groups excluding carboxylic acids is 2. The van der Waals surface area contributed by atoms with Gasteiger partial charge in [0.15, 0.2) is 11.4 Å². The molecule has 0 radical (unpaired) electrons. The number of Topliss-reactive ketones (excluding diaryl/α,β-unsaturated/α-hetero) is 1. The van der Waals surface area contributed by atoms with Crippen molar-refractivity contribution in [2.75, 3.05) is 0 Å². The minimum absolute atomic E-state index is 0.0634. The van der Waals surface area contributed by atoms with Crippen molar-refractivity contribution >= 4 is 17.5 Å². The van der Waals surface area contributed by atoms with Crippen LogP contribution in [0.3, 0.4) is 0 Å². The fraction of sp³-hybridized carbons (Fsp3) is 0.600. The summed E-state index contributed by atoms with van der Waals surface area (Å²) < 4.78 is 7.23. The van der Waals surface area contributed by atoms with Gasteiger partial charge in [-0.25, -0.2) is 14.3 Å². The van der Waals surface area contributed by atoms with Crippen LogP contribution >= 0.6 is 0 Å². The van der Waals surface area contributed by atoms with Gasteiger partial charge in [0.1, 0.15) is 11.3 Å². The molecule has 7 nitrogen and oxygen atoms in total. The molecule has 1 amide bonds. The Labute approximate surface area is 158 Å². The van der Waals surface area contributed by atoms with Gasteiger partial charge >= 0.3 is 6.09 Å². The van der Waals surface area contributed by atoms with Crippen LogP contribution in [0.15, 0.2) is 24.5 Å². The van der Waals surface area contributed by atoms with E-state index in [0.29, 0.717) is 24.2 Å². The number of rotatable bonds is 2. The second-order valence-electron chi connectivity index (χ2n) is 8.60. The largest absolute Gasteiger partial charge is 0.444 e. The Bertz CT molecular complexity index is 855. The predicted molar refractivity (Wildman–Crippen MR) is 99.5 cm³/mol. The van der Waals surface area contributed by atoms with Crippen molar-refractivity contribution < 1.29 is 14.3 Å². The molecule has 2 bridgehead atoms. The molecule has 2 fully saturated rings. The number of ether oxygens (including phenoxy) is 1. The highest BCUT2D eigenvalue weighted by atomic mass is 16.6. The molecule has 0 aromatic carbocycles. The zero-order chi connectivity index (χ0) is 19.2. The minimum Gasteiger partial charge on any atom is -0.444 e. The quantitative estimate of drug-likeness (QED) is 0.757. The average Bonchev–Trinajstić information content (AvgIpc) is 3.02. The summed E-state index contributed by atoms with van der Waals surface area (Å²) in [5.41, 5.74) is 0.687. The first-order chi connectivity index (χ1) is 12.8. The van der Waals surface area contributed by atoms with E-state index in [9.17, 15) is 9.59 Å². The Morgan fingerprint density at radius 2 is 1.89 bits per heavy atom. The number of imidazole rings is 1. The van der Waals surface area contributed by atoms with E-state index in [-0.39, 0.29) is 29.9 Å². The second-order valence-corrected chi connectivity index (χ2v) is 8.60. The molecule has 2 atom stereocenters. The van der Waals surface area contributed by atoms with E-state index < -0.39 is 5.60 Å². The molecule has 144 valence electrons. The maximum atomic E-state index is 13.2. The molecule has 0 N–H and O–H groups in total. The Morgan fingerprint density at radius 1 is 1.19 bits per heavy atom. The summed E-state index contributed by atoms with van der Waals surface area (Å²) in [6.07, 6.45) is 7.30. The molecular formula is C20H26N4O3. The van der Waals surface area contributed by atoms with E-state index in [1.54, 1.807) is 23.0 Å². The first-order valence-corrected chi connectivity index (χ1v) is 9.68. The first kappa shape index (κ1) is 17.9. The average molecular weight is 370 g/mol. The van der Waals surface area contributed by atoms with Crippen LogP contribution in [0, 0.1) is 5.92 Å². The Kier molecular flexibility index (Phi) is 4.40. The number of carbonyl (C=O) groups is 2. The Balaban J connectivity index is 1.54. The van der Waals surface area contributed by atoms with Gasteiger partial charge in [0, 0.05) is 24.2 Å². The van der Waals surface area contributed by atoms with Gasteiger partial charge in [-0.15, -0.1) is 0 Å². The smallest absolute Gasteiger partial charge is 0.410 e. The monoisotopic (exact) mass is 370 g/mol. The van der Waals surface area contributed by atoms with Gasteiger partial charge in [-0.05, 0) is 65.0 Å². The van der Waals surface area contributed by atoms with Crippen molar-refractivity contribution in [2.45, 2.75) is 70.6 Å². The molecule has 0 saturated carbocycles. The lowest BCUT2D eigenvalue weighted by atomic mass is 9.76. The number of hydrogen-bond acceptors (Lipinski definition) is 5. The second kappa shape index (κ2) is 6.62. The van der Waals surface area contributed by atoms with Gasteiger partial charge in [0.2, 0.25) is 0 Å². The predicted octanol–water partition coefficient (Wildman–Crippen LogP) is 3.48. The van der Waals surface area contributed by atoms with Crippen LogP contribution in [0.5, 0.6) is 0 Å². The highest BCUT2D eigenvalue weighted by molar-refractivity contribution is 5.97. The van der Waals surface area contributed by atoms with Crippen molar-refractivity contribution in [3.8, 4) is 0 Å². The third-order valence-corrected chi connectivity index (χ3v) is 5.48. The van der Waals surface area contributed by atoms with Gasteiger partial charge < -0.3 is 9.64 Å². The number of amides is 1. The summed E-state index contributed by atoms with van der Waals surface area (Å²) >= 11 is 0. The van der Waals surface area contributed by atoms with Gasteiger partial charge in [0.05, 0.1) is 6.20 Å². The zero-order valence-electron chi connectivity index (χ0n) is 16.1. The number of ketones is 1. The van der Waals surface area contributed by atoms with Gasteiger partial charge in [-0.3, -0.25) is 4.79 Å². The number of fused-ring (bicyclic) bond motifs is 3. The summed E-state index contributed by atoms with van der Waals surface area (Å²) in [7, 11) is 0. The molecule has 27 heavy (non-hydrogen) atoms.